The maximum absolute atomic E-state index is 5.67. The number of nitrogens with zero attached hydrogens (tertiary/aromatic N) is 2. The van der Waals surface area contributed by atoms with Gasteiger partial charge in [0.05, 0.1) is 3.57 Å². The third-order valence-corrected chi connectivity index (χ3v) is 3.06. The lowest BCUT2D eigenvalue weighted by Crippen LogP contribution is -2.00. The molecule has 0 aliphatic heterocycles. The Morgan fingerprint density at radius 1 is 1.67 bits per heavy atom. The molecule has 4 heteroatoms. The maximum atomic E-state index is 5.67. The first kappa shape index (κ1) is 8.22. The molecule has 2 rings (SSSR count). The van der Waals surface area contributed by atoms with Gasteiger partial charge in [-0.25, -0.2) is 9.97 Å². The Labute approximate surface area is 84.9 Å². The van der Waals surface area contributed by atoms with Gasteiger partial charge in [-0.1, -0.05) is 6.92 Å². The molecule has 1 heterocycles. The molecule has 0 amide bonds. The highest BCUT2D eigenvalue weighted by Gasteiger charge is 2.36. The molecule has 0 spiro atoms. The van der Waals surface area contributed by atoms with E-state index in [1.54, 1.807) is 6.20 Å². The predicted octanol–water partition coefficient (Wildman–Crippen LogP) is 1.79. The Balaban J connectivity index is 2.29. The molecule has 2 N–H and O–H groups in total. The zero-order valence-electron chi connectivity index (χ0n) is 6.79. The predicted molar refractivity (Wildman–Crippen MR) is 55.7 cm³/mol. The molecule has 1 aromatic rings. The number of anilines is 1. The zero-order chi connectivity index (χ0) is 8.72. The van der Waals surface area contributed by atoms with Crippen LogP contribution in [-0.4, -0.2) is 9.97 Å². The summed E-state index contributed by atoms with van der Waals surface area (Å²) in [6.07, 6.45) is 3.00. The number of nitrogen functional groups attached to an aromatic ring is 1. The quantitative estimate of drug-likeness (QED) is 0.795. The Bertz CT molecular complexity index is 313. The number of rotatable bonds is 1. The van der Waals surface area contributed by atoms with Crippen LogP contribution in [0.3, 0.4) is 0 Å². The van der Waals surface area contributed by atoms with Crippen LogP contribution in [0.1, 0.15) is 25.1 Å². The monoisotopic (exact) mass is 275 g/mol. The third-order valence-electron chi connectivity index (χ3n) is 2.23. The van der Waals surface area contributed by atoms with Gasteiger partial charge in [0, 0.05) is 12.1 Å². The van der Waals surface area contributed by atoms with E-state index >= 15 is 0 Å². The minimum Gasteiger partial charge on any atom is -0.383 e. The summed E-state index contributed by atoms with van der Waals surface area (Å²) in [6.45, 7) is 2.21. The van der Waals surface area contributed by atoms with Crippen molar-refractivity contribution in [3.05, 3.63) is 15.6 Å². The van der Waals surface area contributed by atoms with Gasteiger partial charge >= 0.3 is 0 Å². The van der Waals surface area contributed by atoms with Crippen LogP contribution in [0.4, 0.5) is 5.82 Å². The lowest BCUT2D eigenvalue weighted by molar-refractivity contribution is 0.842. The van der Waals surface area contributed by atoms with Crippen molar-refractivity contribution in [1.29, 1.82) is 0 Å². The average molecular weight is 275 g/mol. The Kier molecular flexibility index (Phi) is 1.94. The van der Waals surface area contributed by atoms with Gasteiger partial charge in [-0.3, -0.25) is 0 Å². The molecule has 1 aliphatic carbocycles. The average Bonchev–Trinajstić information content (AvgIpc) is 2.73. The van der Waals surface area contributed by atoms with Gasteiger partial charge in [0.1, 0.15) is 11.6 Å². The largest absolute Gasteiger partial charge is 0.383 e. The first-order chi connectivity index (χ1) is 5.68. The molecule has 1 aliphatic rings. The Morgan fingerprint density at radius 3 is 2.83 bits per heavy atom. The molecular formula is C8H10IN3. The van der Waals surface area contributed by atoms with E-state index < -0.39 is 0 Å². The minimum atomic E-state index is 0.560. The summed E-state index contributed by atoms with van der Waals surface area (Å²) < 4.78 is 0.935. The summed E-state index contributed by atoms with van der Waals surface area (Å²) in [5.41, 5.74) is 5.67. The molecular weight excluding hydrogens is 265 g/mol. The van der Waals surface area contributed by atoms with Crippen molar-refractivity contribution < 1.29 is 0 Å². The fraction of sp³-hybridized carbons (Fsp3) is 0.500. The van der Waals surface area contributed by atoms with Crippen LogP contribution in [0, 0.1) is 9.49 Å². The lowest BCUT2D eigenvalue weighted by atomic mass is 10.3. The lowest BCUT2D eigenvalue weighted by Gasteiger charge is -1.99. The highest BCUT2D eigenvalue weighted by atomic mass is 127. The van der Waals surface area contributed by atoms with E-state index in [1.807, 2.05) is 0 Å². The molecule has 2 unspecified atom stereocenters. The van der Waals surface area contributed by atoms with E-state index in [-0.39, 0.29) is 0 Å². The second kappa shape index (κ2) is 2.83. The summed E-state index contributed by atoms with van der Waals surface area (Å²) in [6, 6.07) is 0. The Hall–Kier alpha value is -0.390. The molecule has 1 aromatic heterocycles. The summed E-state index contributed by atoms with van der Waals surface area (Å²) in [4.78, 5) is 8.50. The number of halogens is 1. The standard InChI is InChI=1S/C8H10IN3/c1-4-2-5(4)8-11-3-6(9)7(10)12-8/h3-5H,2H2,1H3,(H2,10,11,12). The SMILES string of the molecule is CC1CC1c1ncc(I)c(N)n1. The van der Waals surface area contributed by atoms with Crippen LogP contribution < -0.4 is 5.73 Å². The number of nitrogens with two attached hydrogens (primary N) is 1. The minimum absolute atomic E-state index is 0.560. The molecule has 1 fully saturated rings. The van der Waals surface area contributed by atoms with Gasteiger partial charge in [0.15, 0.2) is 0 Å². The molecule has 64 valence electrons. The molecule has 0 radical (unpaired) electrons. The van der Waals surface area contributed by atoms with Crippen molar-refractivity contribution in [3.8, 4) is 0 Å². The van der Waals surface area contributed by atoms with Crippen molar-refractivity contribution in [1.82, 2.24) is 9.97 Å². The van der Waals surface area contributed by atoms with Crippen molar-refractivity contribution in [2.24, 2.45) is 5.92 Å². The van der Waals surface area contributed by atoms with Crippen molar-refractivity contribution in [2.45, 2.75) is 19.3 Å². The van der Waals surface area contributed by atoms with Gasteiger partial charge in [-0.2, -0.15) is 0 Å². The normalized spacial score (nSPS) is 27.2. The molecule has 0 aromatic carbocycles. The molecule has 12 heavy (non-hydrogen) atoms. The summed E-state index contributed by atoms with van der Waals surface area (Å²) >= 11 is 2.14. The second-order valence-electron chi connectivity index (χ2n) is 3.28. The van der Waals surface area contributed by atoms with Crippen molar-refractivity contribution in [3.63, 3.8) is 0 Å². The van der Waals surface area contributed by atoms with Crippen LogP contribution in [0.5, 0.6) is 0 Å². The zero-order valence-corrected chi connectivity index (χ0v) is 8.95. The van der Waals surface area contributed by atoms with Crippen LogP contribution in [0.15, 0.2) is 6.20 Å². The Morgan fingerprint density at radius 2 is 2.33 bits per heavy atom. The fourth-order valence-electron chi connectivity index (χ4n) is 1.26. The number of hydrogen-bond acceptors (Lipinski definition) is 3. The van der Waals surface area contributed by atoms with Crippen LogP contribution in [0.2, 0.25) is 0 Å². The van der Waals surface area contributed by atoms with Crippen molar-refractivity contribution in [2.75, 3.05) is 5.73 Å². The first-order valence-electron chi connectivity index (χ1n) is 3.96. The molecule has 1 saturated carbocycles. The van der Waals surface area contributed by atoms with Crippen LogP contribution >= 0.6 is 22.6 Å². The number of aromatic nitrogens is 2. The van der Waals surface area contributed by atoms with Crippen LogP contribution in [-0.2, 0) is 0 Å². The van der Waals surface area contributed by atoms with E-state index in [0.29, 0.717) is 11.7 Å². The van der Waals surface area contributed by atoms with Crippen LogP contribution in [0.25, 0.3) is 0 Å². The van der Waals surface area contributed by atoms with E-state index in [9.17, 15) is 0 Å². The van der Waals surface area contributed by atoms with Gasteiger partial charge < -0.3 is 5.73 Å². The van der Waals surface area contributed by atoms with Gasteiger partial charge in [-0.05, 0) is 34.9 Å². The van der Waals surface area contributed by atoms with E-state index in [4.69, 9.17) is 5.73 Å². The second-order valence-corrected chi connectivity index (χ2v) is 4.44. The van der Waals surface area contributed by atoms with Gasteiger partial charge in [0.25, 0.3) is 0 Å². The van der Waals surface area contributed by atoms with Gasteiger partial charge in [-0.15, -0.1) is 0 Å². The summed E-state index contributed by atoms with van der Waals surface area (Å²) in [5.74, 6) is 2.83. The molecule has 3 nitrogen and oxygen atoms in total. The molecule has 2 atom stereocenters. The van der Waals surface area contributed by atoms with Crippen molar-refractivity contribution >= 4 is 28.4 Å². The highest BCUT2D eigenvalue weighted by molar-refractivity contribution is 14.1. The fourth-order valence-corrected chi connectivity index (χ4v) is 1.52. The topological polar surface area (TPSA) is 51.8 Å². The molecule has 0 bridgehead atoms. The summed E-state index contributed by atoms with van der Waals surface area (Å²) in [7, 11) is 0. The smallest absolute Gasteiger partial charge is 0.140 e. The number of hydrogen-bond donors (Lipinski definition) is 1. The maximum Gasteiger partial charge on any atom is 0.140 e. The van der Waals surface area contributed by atoms with E-state index in [1.165, 1.54) is 6.42 Å². The highest BCUT2D eigenvalue weighted by Crippen LogP contribution is 2.45. The first-order valence-corrected chi connectivity index (χ1v) is 5.04. The van der Waals surface area contributed by atoms with E-state index in [2.05, 4.69) is 39.5 Å². The van der Waals surface area contributed by atoms with Gasteiger partial charge in [0.2, 0.25) is 0 Å². The molecule has 0 saturated heterocycles. The third kappa shape index (κ3) is 1.39. The van der Waals surface area contributed by atoms with E-state index in [0.717, 1.165) is 15.3 Å². The summed E-state index contributed by atoms with van der Waals surface area (Å²) in [5, 5.41) is 0.